The first kappa shape index (κ1) is 12.7. The minimum Gasteiger partial charge on any atom is -0.449 e. The van der Waals surface area contributed by atoms with Crippen molar-refractivity contribution in [3.05, 3.63) is 35.9 Å². The van der Waals surface area contributed by atoms with Crippen LogP contribution in [0.15, 0.2) is 30.3 Å². The van der Waals surface area contributed by atoms with E-state index in [1.54, 1.807) is 36.4 Å². The lowest BCUT2D eigenvalue weighted by atomic mass is 10.2. The molecule has 0 aliphatic heterocycles. The van der Waals surface area contributed by atoms with Crippen LogP contribution in [0.25, 0.3) is 0 Å². The van der Waals surface area contributed by atoms with Gasteiger partial charge < -0.3 is 10.1 Å². The molecule has 0 saturated carbocycles. The summed E-state index contributed by atoms with van der Waals surface area (Å²) in [5.41, 5.74) is 0.465. The lowest BCUT2D eigenvalue weighted by molar-refractivity contribution is -0.144. The normalized spacial score (nSPS) is 11.1. The zero-order chi connectivity index (χ0) is 12.7. The van der Waals surface area contributed by atoms with E-state index in [0.717, 1.165) is 0 Å². The molecule has 88 valence electrons. The molecule has 0 aromatic heterocycles. The minimum absolute atomic E-state index is 0.315. The SMILES string of the molecule is C[C@H](NC(=O)c1ccccc1)C(=O)OCC#N. The minimum atomic E-state index is -0.781. The van der Waals surface area contributed by atoms with Gasteiger partial charge in [-0.2, -0.15) is 5.26 Å². The molecule has 1 amide bonds. The summed E-state index contributed by atoms with van der Waals surface area (Å²) in [6.07, 6.45) is 0. The summed E-state index contributed by atoms with van der Waals surface area (Å²) >= 11 is 0. The second-order valence-corrected chi connectivity index (χ2v) is 3.33. The molecule has 1 aromatic rings. The molecule has 1 N–H and O–H groups in total. The Hall–Kier alpha value is -2.35. The molecule has 1 rings (SSSR count). The molecule has 5 heteroatoms. The number of nitriles is 1. The summed E-state index contributed by atoms with van der Waals surface area (Å²) in [4.78, 5) is 22.9. The number of nitrogens with one attached hydrogen (secondary N) is 1. The van der Waals surface area contributed by atoms with Crippen molar-refractivity contribution >= 4 is 11.9 Å². The Morgan fingerprint density at radius 3 is 2.65 bits per heavy atom. The average Bonchev–Trinajstić information content (AvgIpc) is 2.36. The number of ether oxygens (including phenoxy) is 1. The van der Waals surface area contributed by atoms with Crippen LogP contribution >= 0.6 is 0 Å². The lowest BCUT2D eigenvalue weighted by Crippen LogP contribution is -2.39. The highest BCUT2D eigenvalue weighted by Gasteiger charge is 2.17. The Bertz CT molecular complexity index is 437. The molecule has 0 spiro atoms. The molecule has 17 heavy (non-hydrogen) atoms. The lowest BCUT2D eigenvalue weighted by Gasteiger charge is -2.11. The maximum Gasteiger partial charge on any atom is 0.329 e. The fourth-order valence-electron chi connectivity index (χ4n) is 1.16. The van der Waals surface area contributed by atoms with E-state index in [-0.39, 0.29) is 12.5 Å². The van der Waals surface area contributed by atoms with Gasteiger partial charge in [-0.25, -0.2) is 4.79 Å². The molecule has 5 nitrogen and oxygen atoms in total. The van der Waals surface area contributed by atoms with E-state index in [0.29, 0.717) is 5.56 Å². The van der Waals surface area contributed by atoms with Gasteiger partial charge >= 0.3 is 5.97 Å². The second-order valence-electron chi connectivity index (χ2n) is 3.33. The van der Waals surface area contributed by atoms with Gasteiger partial charge in [0.05, 0.1) is 0 Å². The first-order chi connectivity index (χ1) is 8.15. The Balaban J connectivity index is 2.52. The second kappa shape index (κ2) is 6.28. The number of benzene rings is 1. The molecule has 0 bridgehead atoms. The smallest absolute Gasteiger partial charge is 0.329 e. The summed E-state index contributed by atoms with van der Waals surface area (Å²) < 4.78 is 4.57. The van der Waals surface area contributed by atoms with Gasteiger partial charge in [0, 0.05) is 5.56 Å². The first-order valence-electron chi connectivity index (χ1n) is 5.04. The number of rotatable bonds is 4. The quantitative estimate of drug-likeness (QED) is 0.781. The maximum absolute atomic E-state index is 11.6. The van der Waals surface area contributed by atoms with E-state index in [4.69, 9.17) is 5.26 Å². The van der Waals surface area contributed by atoms with Gasteiger partial charge in [0.25, 0.3) is 5.91 Å². The van der Waals surface area contributed by atoms with Crippen LogP contribution in [0.5, 0.6) is 0 Å². The van der Waals surface area contributed by atoms with Gasteiger partial charge in [-0.05, 0) is 19.1 Å². The highest BCUT2D eigenvalue weighted by Crippen LogP contribution is 1.99. The number of hydrogen-bond donors (Lipinski definition) is 1. The molecular weight excluding hydrogens is 220 g/mol. The number of carbonyl (C=O) groups is 2. The Morgan fingerprint density at radius 1 is 1.41 bits per heavy atom. The van der Waals surface area contributed by atoms with E-state index < -0.39 is 12.0 Å². The Kier molecular flexibility index (Phi) is 4.70. The zero-order valence-electron chi connectivity index (χ0n) is 9.34. The summed E-state index contributed by atoms with van der Waals surface area (Å²) in [6.45, 7) is 1.19. The van der Waals surface area contributed by atoms with Gasteiger partial charge in [0.15, 0.2) is 6.61 Å². The summed E-state index contributed by atoms with van der Waals surface area (Å²) in [6, 6.07) is 9.44. The van der Waals surface area contributed by atoms with Crippen LogP contribution < -0.4 is 5.32 Å². The topological polar surface area (TPSA) is 79.2 Å². The number of amides is 1. The summed E-state index contributed by atoms with van der Waals surface area (Å²) in [7, 11) is 0. The molecule has 0 saturated heterocycles. The fraction of sp³-hybridized carbons (Fsp3) is 0.250. The van der Waals surface area contributed by atoms with E-state index in [1.165, 1.54) is 6.92 Å². The number of hydrogen-bond acceptors (Lipinski definition) is 4. The van der Waals surface area contributed by atoms with Crippen molar-refractivity contribution in [3.63, 3.8) is 0 Å². The molecule has 0 fully saturated rings. The van der Waals surface area contributed by atoms with Crippen molar-refractivity contribution < 1.29 is 14.3 Å². The van der Waals surface area contributed by atoms with Crippen LogP contribution in [0, 0.1) is 11.3 Å². The first-order valence-corrected chi connectivity index (χ1v) is 5.04. The summed E-state index contributed by atoms with van der Waals surface area (Å²) in [5, 5.41) is 10.7. The van der Waals surface area contributed by atoms with Gasteiger partial charge in [-0.1, -0.05) is 18.2 Å². The predicted molar refractivity (Wildman–Crippen MR) is 59.9 cm³/mol. The van der Waals surface area contributed by atoms with E-state index in [9.17, 15) is 9.59 Å². The highest BCUT2D eigenvalue weighted by atomic mass is 16.5. The molecular formula is C12H12N2O3. The van der Waals surface area contributed by atoms with Crippen LogP contribution in [0.4, 0.5) is 0 Å². The zero-order valence-corrected chi connectivity index (χ0v) is 9.34. The van der Waals surface area contributed by atoms with Crippen molar-refractivity contribution in [1.82, 2.24) is 5.32 Å². The molecule has 0 aliphatic carbocycles. The van der Waals surface area contributed by atoms with Crippen molar-refractivity contribution in [2.24, 2.45) is 0 Å². The van der Waals surface area contributed by atoms with E-state index >= 15 is 0 Å². The number of nitrogens with zero attached hydrogens (tertiary/aromatic N) is 1. The van der Waals surface area contributed by atoms with Gasteiger partial charge in [-0.15, -0.1) is 0 Å². The van der Waals surface area contributed by atoms with Crippen LogP contribution in [0.3, 0.4) is 0 Å². The monoisotopic (exact) mass is 232 g/mol. The largest absolute Gasteiger partial charge is 0.449 e. The van der Waals surface area contributed by atoms with Crippen molar-refractivity contribution in [2.75, 3.05) is 6.61 Å². The van der Waals surface area contributed by atoms with Crippen molar-refractivity contribution in [2.45, 2.75) is 13.0 Å². The molecule has 0 unspecified atom stereocenters. The number of carbonyl (C=O) groups excluding carboxylic acids is 2. The van der Waals surface area contributed by atoms with Crippen molar-refractivity contribution in [3.8, 4) is 6.07 Å². The van der Waals surface area contributed by atoms with Gasteiger partial charge in [-0.3, -0.25) is 4.79 Å². The molecule has 1 aromatic carbocycles. The van der Waals surface area contributed by atoms with Gasteiger partial charge in [0.2, 0.25) is 0 Å². The highest BCUT2D eigenvalue weighted by molar-refractivity contribution is 5.96. The number of esters is 1. The molecule has 0 heterocycles. The average molecular weight is 232 g/mol. The van der Waals surface area contributed by atoms with Crippen LogP contribution in [-0.2, 0) is 9.53 Å². The third-order valence-corrected chi connectivity index (χ3v) is 2.02. The Labute approximate surface area is 99.0 Å². The van der Waals surface area contributed by atoms with Crippen LogP contribution in [-0.4, -0.2) is 24.5 Å². The third-order valence-electron chi connectivity index (χ3n) is 2.02. The van der Waals surface area contributed by atoms with E-state index in [1.807, 2.05) is 0 Å². The fourth-order valence-corrected chi connectivity index (χ4v) is 1.16. The van der Waals surface area contributed by atoms with E-state index in [2.05, 4.69) is 10.1 Å². The van der Waals surface area contributed by atoms with Crippen LogP contribution in [0.1, 0.15) is 17.3 Å². The maximum atomic E-state index is 11.6. The van der Waals surface area contributed by atoms with Crippen molar-refractivity contribution in [1.29, 1.82) is 5.26 Å². The Morgan fingerprint density at radius 2 is 2.06 bits per heavy atom. The third kappa shape index (κ3) is 3.95. The summed E-state index contributed by atoms with van der Waals surface area (Å²) in [5.74, 6) is -0.983. The van der Waals surface area contributed by atoms with Gasteiger partial charge in [0.1, 0.15) is 12.1 Å². The molecule has 1 atom stereocenters. The predicted octanol–water partition coefficient (Wildman–Crippen LogP) is 0.872. The molecule has 0 aliphatic rings. The molecule has 0 radical (unpaired) electrons. The standard InChI is InChI=1S/C12H12N2O3/c1-9(12(16)17-8-7-13)14-11(15)10-5-3-2-4-6-10/h2-6,9H,8H2,1H3,(H,14,15)/t9-/m0/s1. The van der Waals surface area contributed by atoms with Crippen LogP contribution in [0.2, 0.25) is 0 Å².